The van der Waals surface area contributed by atoms with Crippen LogP contribution in [0.3, 0.4) is 0 Å². The number of hydrogen-bond donors (Lipinski definition) is 2. The molecule has 0 radical (unpaired) electrons. The van der Waals surface area contributed by atoms with Crippen LogP contribution in [-0.2, 0) is 14.3 Å². The molecule has 8 nitrogen and oxygen atoms in total. The number of para-hydroxylation sites is 1. The van der Waals surface area contributed by atoms with Gasteiger partial charge in [-0.3, -0.25) is 9.59 Å². The van der Waals surface area contributed by atoms with E-state index in [4.69, 9.17) is 9.15 Å². The second-order valence-corrected chi connectivity index (χ2v) is 7.34. The molecular formula is C25H21N3O5. The van der Waals surface area contributed by atoms with E-state index < -0.39 is 18.0 Å². The highest BCUT2D eigenvalue weighted by Gasteiger charge is 2.22. The van der Waals surface area contributed by atoms with Gasteiger partial charge in [-0.05, 0) is 55.5 Å². The first-order chi connectivity index (χ1) is 15.9. The van der Waals surface area contributed by atoms with E-state index in [1.165, 1.54) is 20.1 Å². The van der Waals surface area contributed by atoms with Crippen molar-refractivity contribution in [3.8, 4) is 11.5 Å². The lowest BCUT2D eigenvalue weighted by Gasteiger charge is -2.15. The number of rotatable bonds is 6. The van der Waals surface area contributed by atoms with E-state index >= 15 is 0 Å². The van der Waals surface area contributed by atoms with E-state index in [-0.39, 0.29) is 11.5 Å². The number of ether oxygens (including phenoxy) is 1. The van der Waals surface area contributed by atoms with Crippen molar-refractivity contribution in [1.82, 2.24) is 4.98 Å². The van der Waals surface area contributed by atoms with Crippen molar-refractivity contribution in [2.75, 3.05) is 10.6 Å². The average molecular weight is 443 g/mol. The fourth-order valence-corrected chi connectivity index (χ4v) is 3.26. The van der Waals surface area contributed by atoms with Gasteiger partial charge in [0.2, 0.25) is 5.91 Å². The van der Waals surface area contributed by atoms with Crippen LogP contribution in [0.4, 0.5) is 11.4 Å². The number of amides is 2. The Balaban J connectivity index is 1.50. The van der Waals surface area contributed by atoms with E-state index in [9.17, 15) is 14.4 Å². The number of carbonyl (C=O) groups is 3. The minimum atomic E-state index is -1.05. The van der Waals surface area contributed by atoms with Crippen LogP contribution in [0.2, 0.25) is 0 Å². The molecule has 8 heteroatoms. The molecule has 0 bridgehead atoms. The monoisotopic (exact) mass is 443 g/mol. The maximum absolute atomic E-state index is 13.0. The fourth-order valence-electron chi connectivity index (χ4n) is 3.26. The van der Waals surface area contributed by atoms with Gasteiger partial charge in [0.25, 0.3) is 5.91 Å². The molecule has 33 heavy (non-hydrogen) atoms. The van der Waals surface area contributed by atoms with Crippen molar-refractivity contribution in [1.29, 1.82) is 0 Å². The molecule has 0 aliphatic rings. The summed E-state index contributed by atoms with van der Waals surface area (Å²) in [6, 6.07) is 18.9. The number of esters is 1. The lowest BCUT2D eigenvalue weighted by molar-refractivity contribution is -0.123. The van der Waals surface area contributed by atoms with Crippen LogP contribution >= 0.6 is 0 Å². The Morgan fingerprint density at radius 2 is 1.64 bits per heavy atom. The number of pyridine rings is 1. The van der Waals surface area contributed by atoms with Gasteiger partial charge in [0.05, 0.1) is 17.3 Å². The molecule has 2 N–H and O–H groups in total. The predicted molar refractivity (Wildman–Crippen MR) is 124 cm³/mol. The largest absolute Gasteiger partial charge is 0.463 e. The number of anilines is 2. The molecule has 4 aromatic rings. The maximum Gasteiger partial charge on any atom is 0.339 e. The number of nitrogens with one attached hydrogen (secondary N) is 2. The minimum absolute atomic E-state index is 0.189. The average Bonchev–Trinajstić information content (AvgIpc) is 3.34. The summed E-state index contributed by atoms with van der Waals surface area (Å²) in [6.07, 6.45) is 0.478. The molecule has 0 saturated carbocycles. The first-order valence-electron chi connectivity index (χ1n) is 10.2. The van der Waals surface area contributed by atoms with Gasteiger partial charge in [0.15, 0.2) is 11.9 Å². The van der Waals surface area contributed by atoms with Gasteiger partial charge in [-0.15, -0.1) is 0 Å². The van der Waals surface area contributed by atoms with E-state index in [0.717, 1.165) is 0 Å². The van der Waals surface area contributed by atoms with Crippen LogP contribution < -0.4 is 10.6 Å². The van der Waals surface area contributed by atoms with Gasteiger partial charge in [0, 0.05) is 23.7 Å². The van der Waals surface area contributed by atoms with Gasteiger partial charge in [-0.2, -0.15) is 0 Å². The third-order valence-corrected chi connectivity index (χ3v) is 4.84. The first kappa shape index (κ1) is 21.8. The molecule has 2 amide bonds. The molecule has 2 aromatic carbocycles. The Hall–Kier alpha value is -4.46. The number of aromatic nitrogens is 1. The number of nitrogens with zero attached hydrogens (tertiary/aromatic N) is 1. The van der Waals surface area contributed by atoms with Crippen molar-refractivity contribution in [2.24, 2.45) is 0 Å². The molecule has 166 valence electrons. The Morgan fingerprint density at radius 1 is 0.939 bits per heavy atom. The van der Waals surface area contributed by atoms with Crippen LogP contribution in [0.5, 0.6) is 0 Å². The Bertz CT molecular complexity index is 1310. The van der Waals surface area contributed by atoms with Crippen LogP contribution in [0.1, 0.15) is 24.2 Å². The van der Waals surface area contributed by atoms with Crippen LogP contribution in [0, 0.1) is 0 Å². The molecule has 2 heterocycles. The maximum atomic E-state index is 13.0. The lowest BCUT2D eigenvalue weighted by Crippen LogP contribution is -2.30. The summed E-state index contributed by atoms with van der Waals surface area (Å²) < 4.78 is 10.9. The topological polar surface area (TPSA) is 111 Å². The Kier molecular flexibility index (Phi) is 6.17. The number of hydrogen-bond acceptors (Lipinski definition) is 6. The highest BCUT2D eigenvalue weighted by molar-refractivity contribution is 6.06. The van der Waals surface area contributed by atoms with E-state index in [1.54, 1.807) is 60.7 Å². The zero-order valence-electron chi connectivity index (χ0n) is 18.0. The molecular weight excluding hydrogens is 422 g/mol. The summed E-state index contributed by atoms with van der Waals surface area (Å²) in [5, 5.41) is 5.95. The third kappa shape index (κ3) is 5.07. The molecule has 0 fully saturated rings. The highest BCUT2D eigenvalue weighted by atomic mass is 16.5. The van der Waals surface area contributed by atoms with Crippen LogP contribution in [-0.4, -0.2) is 28.9 Å². The Morgan fingerprint density at radius 3 is 2.30 bits per heavy atom. The van der Waals surface area contributed by atoms with Crippen molar-refractivity contribution in [2.45, 2.75) is 20.0 Å². The summed E-state index contributed by atoms with van der Waals surface area (Å²) in [5.41, 5.74) is 2.49. The van der Waals surface area contributed by atoms with E-state index in [0.29, 0.717) is 33.7 Å². The Labute approximate surface area is 189 Å². The highest BCUT2D eigenvalue weighted by Crippen LogP contribution is 2.26. The SMILES string of the molecule is CC(=O)Nc1ccc(NC(=O)C(C)OC(=O)c2cc(-c3ccco3)nc3ccccc23)cc1. The molecule has 0 spiro atoms. The molecule has 1 unspecified atom stereocenters. The van der Waals surface area contributed by atoms with Crippen molar-refractivity contribution < 1.29 is 23.5 Å². The number of carbonyl (C=O) groups excluding carboxylic acids is 3. The van der Waals surface area contributed by atoms with E-state index in [1.807, 2.05) is 6.07 Å². The van der Waals surface area contributed by atoms with Crippen LogP contribution in [0.15, 0.2) is 77.4 Å². The summed E-state index contributed by atoms with van der Waals surface area (Å²) in [4.78, 5) is 41.2. The minimum Gasteiger partial charge on any atom is -0.463 e. The van der Waals surface area contributed by atoms with Crippen molar-refractivity contribution >= 4 is 40.1 Å². The lowest BCUT2D eigenvalue weighted by atomic mass is 10.1. The molecule has 0 aliphatic heterocycles. The second kappa shape index (κ2) is 9.35. The first-order valence-corrected chi connectivity index (χ1v) is 10.2. The predicted octanol–water partition coefficient (Wildman–Crippen LogP) is 4.64. The summed E-state index contributed by atoms with van der Waals surface area (Å²) in [5.74, 6) is -0.806. The molecule has 0 aliphatic carbocycles. The standard InChI is InChI=1S/C25H21N3O5/c1-15(24(30)27-18-11-9-17(10-12-18)26-16(2)29)33-25(31)20-14-22(23-8-5-13-32-23)28-21-7-4-3-6-19(20)21/h3-15H,1-2H3,(H,26,29)(H,27,30). The van der Waals surface area contributed by atoms with Gasteiger partial charge < -0.3 is 19.8 Å². The van der Waals surface area contributed by atoms with Gasteiger partial charge in [-0.25, -0.2) is 9.78 Å². The summed E-state index contributed by atoms with van der Waals surface area (Å²) >= 11 is 0. The van der Waals surface area contributed by atoms with Gasteiger partial charge in [0.1, 0.15) is 5.69 Å². The molecule has 2 aromatic heterocycles. The molecule has 4 rings (SSSR count). The number of benzene rings is 2. The number of fused-ring (bicyclic) bond motifs is 1. The molecule has 1 atom stereocenters. The smallest absolute Gasteiger partial charge is 0.339 e. The quantitative estimate of drug-likeness (QED) is 0.420. The van der Waals surface area contributed by atoms with Gasteiger partial charge in [-0.1, -0.05) is 18.2 Å². The number of furan rings is 1. The zero-order chi connectivity index (χ0) is 23.4. The van der Waals surface area contributed by atoms with Crippen LogP contribution in [0.25, 0.3) is 22.4 Å². The van der Waals surface area contributed by atoms with Gasteiger partial charge >= 0.3 is 5.97 Å². The second-order valence-electron chi connectivity index (χ2n) is 7.34. The zero-order valence-corrected chi connectivity index (χ0v) is 18.0. The fraction of sp³-hybridized carbons (Fsp3) is 0.120. The molecule has 0 saturated heterocycles. The van der Waals surface area contributed by atoms with Crippen molar-refractivity contribution in [3.63, 3.8) is 0 Å². The normalized spacial score (nSPS) is 11.6. The van der Waals surface area contributed by atoms with Crippen molar-refractivity contribution in [3.05, 3.63) is 78.6 Å². The third-order valence-electron chi connectivity index (χ3n) is 4.84. The summed E-state index contributed by atoms with van der Waals surface area (Å²) in [7, 11) is 0. The summed E-state index contributed by atoms with van der Waals surface area (Å²) in [6.45, 7) is 2.91. The van der Waals surface area contributed by atoms with E-state index in [2.05, 4.69) is 15.6 Å².